The highest BCUT2D eigenvalue weighted by molar-refractivity contribution is 8.15. The van der Waals surface area contributed by atoms with Gasteiger partial charge >= 0.3 is 6.09 Å². The number of amides is 2. The van der Waals surface area contributed by atoms with Crippen LogP contribution in [0.1, 0.15) is 8.22 Å². The Morgan fingerprint density at radius 3 is 2.64 bits per heavy atom. The first-order valence-electron chi connectivity index (χ1n) is 6.30. The van der Waals surface area contributed by atoms with Crippen LogP contribution in [0.25, 0.3) is 0 Å². The molecule has 0 atom stereocenters. The van der Waals surface area contributed by atoms with Gasteiger partial charge in [-0.15, -0.1) is 11.8 Å². The van der Waals surface area contributed by atoms with Gasteiger partial charge in [-0.05, 0) is 6.26 Å². The van der Waals surface area contributed by atoms with E-state index in [2.05, 4.69) is 9.99 Å². The second kappa shape index (κ2) is 6.25. The maximum absolute atomic E-state index is 11.9. The molecule has 0 saturated heterocycles. The summed E-state index contributed by atoms with van der Waals surface area (Å²) in [6.45, 7) is -6.38. The third-order valence-corrected chi connectivity index (χ3v) is 1.63. The first-order chi connectivity index (χ1) is 8.95. The lowest BCUT2D eigenvalue weighted by Crippen LogP contribution is -2.28. The molecule has 0 aliphatic heterocycles. The van der Waals surface area contributed by atoms with E-state index in [0.717, 1.165) is 0 Å². The maximum Gasteiger partial charge on any atom is 0.433 e. The van der Waals surface area contributed by atoms with Crippen molar-refractivity contribution < 1.29 is 22.7 Å². The predicted octanol–water partition coefficient (Wildman–Crippen LogP) is 0.107. The zero-order valence-corrected chi connectivity index (χ0v) is 8.34. The minimum atomic E-state index is -3.19. The lowest BCUT2D eigenvalue weighted by Gasteiger charge is -2.09. The summed E-state index contributed by atoms with van der Waals surface area (Å²) in [5.41, 5.74) is 0. The van der Waals surface area contributed by atoms with E-state index in [9.17, 15) is 9.59 Å². The van der Waals surface area contributed by atoms with Gasteiger partial charge in [-0.3, -0.25) is 9.63 Å². The third-order valence-electron chi connectivity index (χ3n) is 0.995. The minimum absolute atomic E-state index is 0.275. The second-order valence-electron chi connectivity index (χ2n) is 1.87. The van der Waals surface area contributed by atoms with Crippen LogP contribution in [-0.2, 0) is 9.63 Å². The van der Waals surface area contributed by atoms with Gasteiger partial charge in [-0.1, -0.05) is 5.16 Å². The van der Waals surface area contributed by atoms with Gasteiger partial charge in [0, 0.05) is 29.2 Å². The second-order valence-corrected chi connectivity index (χ2v) is 2.66. The van der Waals surface area contributed by atoms with Crippen molar-refractivity contribution in [2.24, 2.45) is 5.16 Å². The molecular weight excluding hydrogens is 206 g/mol. The Hall–Kier alpha value is -1.24. The summed E-state index contributed by atoms with van der Waals surface area (Å²) in [4.78, 5) is 26.7. The Kier molecular flexibility index (Phi) is 2.50. The van der Waals surface area contributed by atoms with Crippen LogP contribution in [0.4, 0.5) is 4.79 Å². The molecular formula is C7H13N3O3S. The zero-order valence-electron chi connectivity index (χ0n) is 13.5. The average molecular weight is 225 g/mol. The monoisotopic (exact) mass is 225 g/mol. The Balaban J connectivity index is 5.38. The number of rotatable bonds is 1. The van der Waals surface area contributed by atoms with Gasteiger partial charge in [0.1, 0.15) is 0 Å². The molecule has 0 aliphatic rings. The van der Waals surface area contributed by atoms with E-state index in [0.29, 0.717) is 11.8 Å². The summed E-state index contributed by atoms with van der Waals surface area (Å²) >= 11 is 0.645. The highest BCUT2D eigenvalue weighted by Crippen LogP contribution is 2.01. The molecule has 0 aromatic rings. The summed E-state index contributed by atoms with van der Waals surface area (Å²) in [6, 6.07) is 0. The van der Waals surface area contributed by atoms with Crippen LogP contribution in [0, 0.1) is 0 Å². The lowest BCUT2D eigenvalue weighted by molar-refractivity contribution is -0.121. The quantitative estimate of drug-likeness (QED) is 0.297. The molecule has 0 heterocycles. The van der Waals surface area contributed by atoms with Crippen molar-refractivity contribution in [1.29, 1.82) is 0 Å². The van der Waals surface area contributed by atoms with Gasteiger partial charge in [-0.2, -0.15) is 0 Å². The van der Waals surface area contributed by atoms with Crippen LogP contribution in [0.15, 0.2) is 5.16 Å². The van der Waals surface area contributed by atoms with Crippen LogP contribution >= 0.6 is 11.8 Å². The van der Waals surface area contributed by atoms with Crippen molar-refractivity contribution >= 4 is 28.8 Å². The average Bonchev–Trinajstić information content (AvgIpc) is 2.25. The standard InChI is InChI=1S/C7H13N3O3S/c1-8-7(12)13-9-5(14-4)6(11)10(2)3/h1-4H3,(H,8,12)/b9-5-/i2D3,3D3. The van der Waals surface area contributed by atoms with Crippen LogP contribution in [-0.4, -0.2) is 49.2 Å². The Labute approximate surface area is 95.1 Å². The molecule has 0 unspecified atom stereocenters. The molecule has 0 saturated carbocycles. The van der Waals surface area contributed by atoms with E-state index >= 15 is 0 Å². The molecule has 0 spiro atoms. The number of thioether (sulfide) groups is 1. The molecule has 6 nitrogen and oxygen atoms in total. The Morgan fingerprint density at radius 2 is 2.21 bits per heavy atom. The predicted molar refractivity (Wildman–Crippen MR) is 55.2 cm³/mol. The molecule has 1 N–H and O–H groups in total. The van der Waals surface area contributed by atoms with E-state index in [1.54, 1.807) is 0 Å². The number of hydrogen-bond acceptors (Lipinski definition) is 5. The fraction of sp³-hybridized carbons (Fsp3) is 0.571. The molecule has 0 fully saturated rings. The van der Waals surface area contributed by atoms with E-state index in [4.69, 9.17) is 8.22 Å². The number of carbonyl (C=O) groups is 2. The normalized spacial score (nSPS) is 18.9. The van der Waals surface area contributed by atoms with Gasteiger partial charge in [0.05, 0.1) is 0 Å². The van der Waals surface area contributed by atoms with Crippen molar-refractivity contribution in [3.05, 3.63) is 0 Å². The van der Waals surface area contributed by atoms with Crippen molar-refractivity contribution in [3.8, 4) is 0 Å². The van der Waals surface area contributed by atoms with Gasteiger partial charge in [0.2, 0.25) is 5.04 Å². The molecule has 7 heteroatoms. The highest BCUT2D eigenvalue weighted by Gasteiger charge is 2.13. The van der Waals surface area contributed by atoms with Crippen LogP contribution < -0.4 is 5.32 Å². The van der Waals surface area contributed by atoms with Crippen LogP contribution in [0.3, 0.4) is 0 Å². The first-order valence-corrected chi connectivity index (χ1v) is 4.53. The third kappa shape index (κ3) is 4.13. The van der Waals surface area contributed by atoms with E-state index in [1.165, 1.54) is 13.3 Å². The molecule has 2 amide bonds. The number of oxime groups is 1. The topological polar surface area (TPSA) is 71.0 Å². The largest absolute Gasteiger partial charge is 0.433 e. The maximum atomic E-state index is 11.9. The summed E-state index contributed by atoms with van der Waals surface area (Å²) in [5, 5.41) is 4.60. The van der Waals surface area contributed by atoms with E-state index < -0.39 is 31.0 Å². The molecule has 0 aromatic heterocycles. The van der Waals surface area contributed by atoms with Gasteiger partial charge in [-0.25, -0.2) is 4.79 Å². The first kappa shape index (κ1) is 5.59. The molecule has 0 aliphatic carbocycles. The van der Waals surface area contributed by atoms with Crippen molar-refractivity contribution in [2.45, 2.75) is 0 Å². The molecule has 0 radical (unpaired) electrons. The molecule has 0 aromatic carbocycles. The molecule has 80 valence electrons. The van der Waals surface area contributed by atoms with Crippen LogP contribution in [0.5, 0.6) is 0 Å². The Morgan fingerprint density at radius 1 is 1.57 bits per heavy atom. The minimum Gasteiger partial charge on any atom is -0.343 e. The lowest BCUT2D eigenvalue weighted by atomic mass is 10.6. The van der Waals surface area contributed by atoms with Gasteiger partial charge in [0.15, 0.2) is 0 Å². The smallest absolute Gasteiger partial charge is 0.343 e. The molecule has 14 heavy (non-hydrogen) atoms. The highest BCUT2D eigenvalue weighted by atomic mass is 32.2. The van der Waals surface area contributed by atoms with Crippen molar-refractivity contribution in [2.75, 3.05) is 27.3 Å². The summed E-state index contributed by atoms with van der Waals surface area (Å²) in [5.74, 6) is -1.39. The zero-order chi connectivity index (χ0) is 16.1. The Bertz CT molecular complexity index is 394. The van der Waals surface area contributed by atoms with Crippen LogP contribution in [0.2, 0.25) is 0 Å². The van der Waals surface area contributed by atoms with E-state index in [1.807, 2.05) is 5.32 Å². The summed E-state index contributed by atoms with van der Waals surface area (Å²) in [6.07, 6.45) is 0.361. The number of nitrogens with one attached hydrogen (secondary N) is 1. The fourth-order valence-corrected chi connectivity index (χ4v) is 0.766. The molecule has 0 bridgehead atoms. The summed E-state index contributed by atoms with van der Waals surface area (Å²) in [7, 11) is 1.25. The molecule has 0 rings (SSSR count). The fourth-order valence-electron chi connectivity index (χ4n) is 0.388. The number of nitrogens with zero attached hydrogens (tertiary/aromatic N) is 2. The van der Waals surface area contributed by atoms with Crippen molar-refractivity contribution in [1.82, 2.24) is 10.2 Å². The number of hydrogen-bond donors (Lipinski definition) is 1. The van der Waals surface area contributed by atoms with Gasteiger partial charge in [0.25, 0.3) is 5.91 Å². The number of carbonyl (C=O) groups excluding carboxylic acids is 2. The van der Waals surface area contributed by atoms with E-state index in [-0.39, 0.29) is 4.90 Å². The van der Waals surface area contributed by atoms with Gasteiger partial charge < -0.3 is 10.2 Å². The SMILES string of the molecule is [2H]C([2H])([2H])N(C(=O)/C(=N/OC(=O)NC)SC)C([2H])([2H])[2H]. The summed E-state index contributed by atoms with van der Waals surface area (Å²) < 4.78 is 42.5. The van der Waals surface area contributed by atoms with Crippen molar-refractivity contribution in [3.63, 3.8) is 0 Å².